The van der Waals surface area contributed by atoms with E-state index in [9.17, 15) is 0 Å². The van der Waals surface area contributed by atoms with Crippen molar-refractivity contribution >= 4 is 71.6 Å². The lowest BCUT2D eigenvalue weighted by Gasteiger charge is -2.32. The molecule has 0 bridgehead atoms. The third-order valence-corrected chi connectivity index (χ3v) is 15.0. The SMILES string of the molecule is CC1(C)c2ccccc2-c2ccc(-c3ccccc3N(c3ccccc3-c3ccc4ccccc4c3)c3ccc4c(oc5ccccc54)c3-c3ccccc3-n3c4ccccc4c4ccccc43)cc21. The fourth-order valence-electron chi connectivity index (χ4n) is 11.7. The first-order valence-electron chi connectivity index (χ1n) is 24.3. The summed E-state index contributed by atoms with van der Waals surface area (Å²) in [7, 11) is 0. The van der Waals surface area contributed by atoms with Crippen LogP contribution < -0.4 is 4.90 Å². The third-order valence-electron chi connectivity index (χ3n) is 15.0. The Labute approximate surface area is 406 Å². The highest BCUT2D eigenvalue weighted by molar-refractivity contribution is 6.16. The van der Waals surface area contributed by atoms with E-state index in [2.05, 4.69) is 266 Å². The molecule has 14 rings (SSSR count). The third kappa shape index (κ3) is 6.01. The van der Waals surface area contributed by atoms with E-state index < -0.39 is 0 Å². The topological polar surface area (TPSA) is 21.3 Å². The Kier molecular flexibility index (Phi) is 8.93. The minimum atomic E-state index is -0.157. The van der Waals surface area contributed by atoms with Gasteiger partial charge in [0, 0.05) is 43.7 Å². The Balaban J connectivity index is 1.09. The second kappa shape index (κ2) is 15.6. The highest BCUT2D eigenvalue weighted by atomic mass is 16.3. The van der Waals surface area contributed by atoms with Crippen molar-refractivity contribution in [2.24, 2.45) is 0 Å². The minimum absolute atomic E-state index is 0.157. The van der Waals surface area contributed by atoms with E-state index in [0.29, 0.717) is 0 Å². The van der Waals surface area contributed by atoms with Crippen LogP contribution in [0.25, 0.3) is 105 Å². The van der Waals surface area contributed by atoms with Crippen molar-refractivity contribution in [2.45, 2.75) is 19.3 Å². The van der Waals surface area contributed by atoms with Crippen molar-refractivity contribution in [3.63, 3.8) is 0 Å². The van der Waals surface area contributed by atoms with Gasteiger partial charge >= 0.3 is 0 Å². The fraction of sp³-hybridized carbons (Fsp3) is 0.0448. The number of furan rings is 1. The van der Waals surface area contributed by atoms with Crippen LogP contribution in [0.4, 0.5) is 17.1 Å². The van der Waals surface area contributed by atoms with Gasteiger partial charge in [0.05, 0.1) is 39.3 Å². The second-order valence-corrected chi connectivity index (χ2v) is 19.2. The molecule has 1 aliphatic carbocycles. The summed E-state index contributed by atoms with van der Waals surface area (Å²) >= 11 is 0. The summed E-state index contributed by atoms with van der Waals surface area (Å²) in [4.78, 5) is 2.51. The molecule has 0 saturated heterocycles. The number of aromatic nitrogens is 1. The molecule has 0 spiro atoms. The van der Waals surface area contributed by atoms with Gasteiger partial charge in [0.15, 0.2) is 0 Å². The van der Waals surface area contributed by atoms with Gasteiger partial charge in [0.2, 0.25) is 0 Å². The zero-order valence-corrected chi connectivity index (χ0v) is 38.9. The highest BCUT2D eigenvalue weighted by Crippen LogP contribution is 2.54. The first-order valence-corrected chi connectivity index (χ1v) is 24.3. The van der Waals surface area contributed by atoms with E-state index in [4.69, 9.17) is 4.42 Å². The quantitative estimate of drug-likeness (QED) is 0.159. The second-order valence-electron chi connectivity index (χ2n) is 19.2. The van der Waals surface area contributed by atoms with Crippen molar-refractivity contribution in [3.8, 4) is 50.2 Å². The van der Waals surface area contributed by atoms with Crippen molar-refractivity contribution in [2.75, 3.05) is 4.90 Å². The van der Waals surface area contributed by atoms with E-state index >= 15 is 0 Å². The Hall–Kier alpha value is -8.92. The van der Waals surface area contributed by atoms with Crippen LogP contribution >= 0.6 is 0 Å². The summed E-state index contributed by atoms with van der Waals surface area (Å²) in [6.45, 7) is 4.73. The molecule has 330 valence electrons. The molecule has 0 amide bonds. The van der Waals surface area contributed by atoms with E-state index in [1.807, 2.05) is 0 Å². The zero-order chi connectivity index (χ0) is 46.5. The number of para-hydroxylation sites is 6. The van der Waals surface area contributed by atoms with Crippen LogP contribution in [0.5, 0.6) is 0 Å². The summed E-state index contributed by atoms with van der Waals surface area (Å²) in [6.07, 6.45) is 0. The summed E-state index contributed by atoms with van der Waals surface area (Å²) in [5.41, 5.74) is 20.0. The van der Waals surface area contributed by atoms with E-state index in [1.165, 1.54) is 49.4 Å². The average molecular weight is 895 g/mol. The lowest BCUT2D eigenvalue weighted by atomic mass is 9.81. The van der Waals surface area contributed by atoms with Crippen LogP contribution in [0, 0.1) is 0 Å². The summed E-state index contributed by atoms with van der Waals surface area (Å²) in [6, 6.07) is 88.8. The number of nitrogens with zero attached hydrogens (tertiary/aromatic N) is 2. The average Bonchev–Trinajstić information content (AvgIpc) is 4.04. The molecule has 13 aromatic rings. The molecule has 1 aliphatic rings. The molecule has 3 nitrogen and oxygen atoms in total. The first-order chi connectivity index (χ1) is 34.5. The largest absolute Gasteiger partial charge is 0.455 e. The van der Waals surface area contributed by atoms with Crippen molar-refractivity contribution < 1.29 is 4.42 Å². The van der Waals surface area contributed by atoms with Gasteiger partial charge in [-0.15, -0.1) is 0 Å². The zero-order valence-electron chi connectivity index (χ0n) is 38.9. The number of fused-ring (bicyclic) bond motifs is 10. The van der Waals surface area contributed by atoms with Crippen LogP contribution in [0.15, 0.2) is 247 Å². The number of hydrogen-bond acceptors (Lipinski definition) is 2. The van der Waals surface area contributed by atoms with Crippen LogP contribution in [0.1, 0.15) is 25.0 Å². The Morgan fingerprint density at radius 3 is 1.66 bits per heavy atom. The van der Waals surface area contributed by atoms with Crippen molar-refractivity contribution in [1.82, 2.24) is 4.57 Å². The lowest BCUT2D eigenvalue weighted by molar-refractivity contribution is 0.660. The first kappa shape index (κ1) is 40.2. The van der Waals surface area contributed by atoms with E-state index in [1.54, 1.807) is 0 Å². The predicted molar refractivity (Wildman–Crippen MR) is 294 cm³/mol. The maximum Gasteiger partial charge on any atom is 0.145 e. The van der Waals surface area contributed by atoms with Crippen LogP contribution in [-0.4, -0.2) is 4.57 Å². The molecule has 3 heteroatoms. The summed E-state index contributed by atoms with van der Waals surface area (Å²) < 4.78 is 9.64. The van der Waals surface area contributed by atoms with Crippen molar-refractivity contribution in [1.29, 1.82) is 0 Å². The molecular weight excluding hydrogens is 849 g/mol. The molecule has 2 aromatic heterocycles. The normalized spacial score (nSPS) is 12.8. The maximum atomic E-state index is 7.19. The summed E-state index contributed by atoms with van der Waals surface area (Å²) in [5.74, 6) is 0. The summed E-state index contributed by atoms with van der Waals surface area (Å²) in [5, 5.41) is 7.01. The van der Waals surface area contributed by atoms with Gasteiger partial charge in [-0.1, -0.05) is 196 Å². The minimum Gasteiger partial charge on any atom is -0.455 e. The molecule has 0 N–H and O–H groups in total. The molecule has 2 heterocycles. The van der Waals surface area contributed by atoms with Crippen LogP contribution in [0.2, 0.25) is 0 Å². The molecule has 11 aromatic carbocycles. The Morgan fingerprint density at radius 1 is 0.371 bits per heavy atom. The fourth-order valence-corrected chi connectivity index (χ4v) is 11.7. The molecule has 0 unspecified atom stereocenters. The van der Waals surface area contributed by atoms with Gasteiger partial charge in [-0.25, -0.2) is 0 Å². The Morgan fingerprint density at radius 2 is 0.914 bits per heavy atom. The van der Waals surface area contributed by atoms with E-state index in [0.717, 1.165) is 83.5 Å². The molecule has 0 saturated carbocycles. The molecule has 0 fully saturated rings. The smallest absolute Gasteiger partial charge is 0.145 e. The Bertz CT molecular complexity index is 4190. The van der Waals surface area contributed by atoms with Crippen LogP contribution in [-0.2, 0) is 5.41 Å². The van der Waals surface area contributed by atoms with Crippen LogP contribution in [0.3, 0.4) is 0 Å². The van der Waals surface area contributed by atoms with Gasteiger partial charge < -0.3 is 13.9 Å². The van der Waals surface area contributed by atoms with E-state index in [-0.39, 0.29) is 5.41 Å². The number of hydrogen-bond donors (Lipinski definition) is 0. The maximum absolute atomic E-state index is 7.19. The monoisotopic (exact) mass is 894 g/mol. The van der Waals surface area contributed by atoms with Gasteiger partial charge in [0.25, 0.3) is 0 Å². The van der Waals surface area contributed by atoms with Gasteiger partial charge in [-0.2, -0.15) is 0 Å². The molecular formula is C67H46N2O. The molecule has 0 radical (unpaired) electrons. The molecule has 0 atom stereocenters. The van der Waals surface area contributed by atoms with Gasteiger partial charge in [0.1, 0.15) is 11.2 Å². The van der Waals surface area contributed by atoms with Gasteiger partial charge in [-0.3, -0.25) is 0 Å². The number of anilines is 3. The van der Waals surface area contributed by atoms with Crippen molar-refractivity contribution in [3.05, 3.63) is 254 Å². The predicted octanol–water partition coefficient (Wildman–Crippen LogP) is 18.6. The molecule has 70 heavy (non-hydrogen) atoms. The molecule has 0 aliphatic heterocycles. The standard InChI is InChI=1S/C67H46N2O/c1-67(2)56-28-12-5-23-49(56)50-38-37-46(42-57(50)67)48-22-7-14-30-59(48)69(58-29-13-6-21-47(58)45-36-35-43-19-3-4-20-44(43)41-45)63-40-39-54-53-26-11-18-34-64(53)70-66(54)65(63)55-27-10-17-33-62(55)68-60-31-15-8-24-51(60)52-25-9-16-32-61(52)68/h3-42H,1-2H3. The highest BCUT2D eigenvalue weighted by Gasteiger charge is 2.36. The van der Waals surface area contributed by atoms with Gasteiger partial charge in [-0.05, 0) is 105 Å². The number of rotatable bonds is 7. The number of benzene rings is 11. The lowest BCUT2D eigenvalue weighted by Crippen LogP contribution is -2.15.